The molecule has 0 radical (unpaired) electrons. The van der Waals surface area contributed by atoms with Crippen LogP contribution in [0.3, 0.4) is 0 Å². The molecule has 0 heterocycles. The van der Waals surface area contributed by atoms with Gasteiger partial charge in [0.25, 0.3) is 11.6 Å². The second-order valence-corrected chi connectivity index (χ2v) is 19.9. The third-order valence-corrected chi connectivity index (χ3v) is 12.3. The van der Waals surface area contributed by atoms with Crippen LogP contribution < -0.4 is 46.9 Å². The van der Waals surface area contributed by atoms with Gasteiger partial charge in [-0.15, -0.1) is 0 Å². The molecule has 5 aromatic carbocycles. The predicted molar refractivity (Wildman–Crippen MR) is 291 cm³/mol. The molecule has 5 aromatic rings. The summed E-state index contributed by atoms with van der Waals surface area (Å²) in [5, 5.41) is 26.6. The molecular formula is C58H72N8O11. The number of ether oxygens (including phenoxy) is 3. The van der Waals surface area contributed by atoms with E-state index in [0.29, 0.717) is 12.0 Å². The number of rotatable bonds is 27. The molecule has 5 rings (SSSR count). The van der Waals surface area contributed by atoms with Crippen molar-refractivity contribution >= 4 is 41.3 Å². The number of carbonyl (C=O) groups excluding carboxylic acids is 6. The van der Waals surface area contributed by atoms with E-state index in [1.165, 1.54) is 26.3 Å². The Morgan fingerprint density at radius 2 is 1.18 bits per heavy atom. The number of nitro groups is 1. The maximum atomic E-state index is 14.7. The summed E-state index contributed by atoms with van der Waals surface area (Å²) in [4.78, 5) is 94.8. The number of hydrazine groups is 1. The standard InChI is InChI=1S/C58H72N8O11/c1-38(2)34-46(62-56(72)77-57(4,5)6)53(69)61-47(35-40-22-13-9-14-23-40)54(70)60-45(55(71)65-64-39(3)44-36-49(75-8)50(37-48(44)66(73)74)76-33-21-30-51(67)59-7)31-32-52(68)63-58(41-24-15-10-16-25-41,42-26-17-11-18-27-42)43-28-19-12-20-29-43/h9-20,22-29,36-39,45-47,64H,21,30-35H2,1-8H3,(H,59,67)(H,60,70)(H,61,69)(H,62,72)(H,63,68)(H,65,71)/t39?,45-,46-,47-/m1/s1. The number of benzene rings is 5. The van der Waals surface area contributed by atoms with E-state index >= 15 is 0 Å². The van der Waals surface area contributed by atoms with Crippen molar-refractivity contribution < 1.29 is 47.9 Å². The number of methoxy groups -OCH3 is 1. The molecule has 410 valence electrons. The SMILES string of the molecule is CNC(=O)CCCOc1cc([N+](=O)[O-])c(C(C)NNC(=O)[C@@H](CCC(=O)NC(c2ccccc2)(c2ccccc2)c2ccccc2)NC(=O)[C@@H](Cc2ccccc2)NC(=O)[C@@H](CC(C)C)NC(=O)OC(C)(C)C)cc1OC. The Hall–Kier alpha value is -8.32. The second-order valence-electron chi connectivity index (χ2n) is 19.9. The monoisotopic (exact) mass is 1060 g/mol. The topological polar surface area (TPSA) is 257 Å². The fourth-order valence-electron chi connectivity index (χ4n) is 8.58. The normalized spacial score (nSPS) is 12.9. The van der Waals surface area contributed by atoms with E-state index in [1.54, 1.807) is 58.0 Å². The molecule has 19 heteroatoms. The molecule has 0 fully saturated rings. The Morgan fingerprint density at radius 1 is 0.649 bits per heavy atom. The number of nitro benzene ring substituents is 1. The van der Waals surface area contributed by atoms with Gasteiger partial charge < -0.3 is 40.8 Å². The molecule has 7 N–H and O–H groups in total. The van der Waals surface area contributed by atoms with E-state index in [-0.39, 0.29) is 73.3 Å². The molecule has 19 nitrogen and oxygen atoms in total. The summed E-state index contributed by atoms with van der Waals surface area (Å²) in [6.45, 7) is 10.5. The molecule has 0 aromatic heterocycles. The Morgan fingerprint density at radius 3 is 1.69 bits per heavy atom. The van der Waals surface area contributed by atoms with E-state index in [2.05, 4.69) is 37.4 Å². The van der Waals surface area contributed by atoms with Crippen LogP contribution in [0.4, 0.5) is 10.5 Å². The average Bonchev–Trinajstić information content (AvgIpc) is 3.42. The molecule has 0 aliphatic rings. The molecule has 0 aliphatic heterocycles. The minimum Gasteiger partial charge on any atom is -0.493 e. The second kappa shape index (κ2) is 28.5. The summed E-state index contributed by atoms with van der Waals surface area (Å²) < 4.78 is 16.8. The summed E-state index contributed by atoms with van der Waals surface area (Å²) in [5.41, 5.74) is 6.05. The van der Waals surface area contributed by atoms with Crippen LogP contribution in [0.1, 0.15) is 108 Å². The van der Waals surface area contributed by atoms with Gasteiger partial charge in [-0.3, -0.25) is 39.5 Å². The highest BCUT2D eigenvalue weighted by molar-refractivity contribution is 5.94. The summed E-state index contributed by atoms with van der Waals surface area (Å²) in [7, 11) is 2.88. The predicted octanol–water partition coefficient (Wildman–Crippen LogP) is 7.23. The zero-order valence-corrected chi connectivity index (χ0v) is 45.0. The molecule has 0 saturated carbocycles. The molecule has 1 unspecified atom stereocenters. The molecule has 0 bridgehead atoms. The third kappa shape index (κ3) is 17.6. The molecule has 0 spiro atoms. The minimum absolute atomic E-state index is 0.0314. The number of alkyl carbamates (subject to hydrolysis) is 1. The first-order chi connectivity index (χ1) is 36.7. The zero-order chi connectivity index (χ0) is 56.1. The number of hydrogen-bond acceptors (Lipinski definition) is 12. The highest BCUT2D eigenvalue weighted by atomic mass is 16.6. The van der Waals surface area contributed by atoms with Crippen LogP contribution >= 0.6 is 0 Å². The largest absolute Gasteiger partial charge is 0.493 e. The van der Waals surface area contributed by atoms with Gasteiger partial charge in [-0.25, -0.2) is 10.2 Å². The van der Waals surface area contributed by atoms with Crippen LogP contribution in [0.2, 0.25) is 0 Å². The van der Waals surface area contributed by atoms with Gasteiger partial charge in [0.2, 0.25) is 23.6 Å². The summed E-state index contributed by atoms with van der Waals surface area (Å²) in [6.07, 6.45) is -0.718. The zero-order valence-electron chi connectivity index (χ0n) is 45.0. The van der Waals surface area contributed by atoms with E-state index in [1.807, 2.05) is 105 Å². The lowest BCUT2D eigenvalue weighted by Gasteiger charge is -2.37. The first-order valence-corrected chi connectivity index (χ1v) is 25.6. The van der Waals surface area contributed by atoms with Crippen molar-refractivity contribution in [1.29, 1.82) is 0 Å². The number of hydrogen-bond donors (Lipinski definition) is 7. The minimum atomic E-state index is -1.45. The Kier molecular flexibility index (Phi) is 22.1. The quantitative estimate of drug-likeness (QED) is 0.0119. The first kappa shape index (κ1) is 59.6. The van der Waals surface area contributed by atoms with Crippen molar-refractivity contribution in [1.82, 2.24) is 37.4 Å². The lowest BCUT2D eigenvalue weighted by Crippen LogP contribution is -2.58. The van der Waals surface area contributed by atoms with Crippen LogP contribution in [-0.4, -0.2) is 85.0 Å². The van der Waals surface area contributed by atoms with E-state index in [9.17, 15) is 38.9 Å². The smallest absolute Gasteiger partial charge is 0.408 e. The lowest BCUT2D eigenvalue weighted by atomic mass is 9.77. The third-order valence-electron chi connectivity index (χ3n) is 12.3. The number of carbonyl (C=O) groups is 6. The Bertz CT molecular complexity index is 2660. The first-order valence-electron chi connectivity index (χ1n) is 25.6. The maximum Gasteiger partial charge on any atom is 0.408 e. The lowest BCUT2D eigenvalue weighted by molar-refractivity contribution is -0.385. The summed E-state index contributed by atoms with van der Waals surface area (Å²) in [6, 6.07) is 35.0. The van der Waals surface area contributed by atoms with Crippen LogP contribution in [0.5, 0.6) is 11.5 Å². The molecule has 77 heavy (non-hydrogen) atoms. The van der Waals surface area contributed by atoms with Crippen molar-refractivity contribution in [2.24, 2.45) is 5.92 Å². The van der Waals surface area contributed by atoms with Crippen LogP contribution in [0.25, 0.3) is 0 Å². The van der Waals surface area contributed by atoms with Crippen LogP contribution in [-0.2, 0) is 40.7 Å². The summed E-state index contributed by atoms with van der Waals surface area (Å²) in [5.74, 6) is -2.79. The van der Waals surface area contributed by atoms with Crippen molar-refractivity contribution in [2.45, 2.75) is 115 Å². The van der Waals surface area contributed by atoms with Gasteiger partial charge in [0.05, 0.1) is 36.3 Å². The van der Waals surface area contributed by atoms with Gasteiger partial charge in [0.15, 0.2) is 11.5 Å². The highest BCUT2D eigenvalue weighted by Gasteiger charge is 2.39. The average molecular weight is 1060 g/mol. The Labute approximate surface area is 450 Å². The van der Waals surface area contributed by atoms with Gasteiger partial charge in [-0.1, -0.05) is 135 Å². The van der Waals surface area contributed by atoms with Gasteiger partial charge in [0, 0.05) is 26.3 Å². The number of amides is 6. The van der Waals surface area contributed by atoms with Gasteiger partial charge in [-0.05, 0) is 81.2 Å². The van der Waals surface area contributed by atoms with Crippen molar-refractivity contribution in [3.63, 3.8) is 0 Å². The fourth-order valence-corrected chi connectivity index (χ4v) is 8.58. The Balaban J connectivity index is 1.48. The van der Waals surface area contributed by atoms with Crippen LogP contribution in [0, 0.1) is 16.0 Å². The van der Waals surface area contributed by atoms with E-state index < -0.39 is 70.0 Å². The van der Waals surface area contributed by atoms with E-state index in [0.717, 1.165) is 16.7 Å². The number of nitrogens with one attached hydrogen (secondary N) is 7. The van der Waals surface area contributed by atoms with E-state index in [4.69, 9.17) is 14.2 Å². The van der Waals surface area contributed by atoms with Crippen molar-refractivity contribution in [3.05, 3.63) is 171 Å². The van der Waals surface area contributed by atoms with Crippen molar-refractivity contribution in [2.75, 3.05) is 20.8 Å². The fraction of sp³-hybridized carbons (Fsp3) is 0.379. The van der Waals surface area contributed by atoms with Gasteiger partial charge in [0.1, 0.15) is 29.3 Å². The van der Waals surface area contributed by atoms with Gasteiger partial charge in [-0.2, -0.15) is 0 Å². The highest BCUT2D eigenvalue weighted by Crippen LogP contribution is 2.39. The summed E-state index contributed by atoms with van der Waals surface area (Å²) >= 11 is 0. The molecule has 0 saturated heterocycles. The maximum absolute atomic E-state index is 14.7. The molecule has 6 amide bonds. The van der Waals surface area contributed by atoms with Gasteiger partial charge >= 0.3 is 6.09 Å². The number of nitrogens with zero attached hydrogens (tertiary/aromatic N) is 1. The molecule has 4 atom stereocenters. The molecular weight excluding hydrogens is 985 g/mol. The van der Waals surface area contributed by atoms with Crippen molar-refractivity contribution in [3.8, 4) is 11.5 Å². The molecule has 0 aliphatic carbocycles. The van der Waals surface area contributed by atoms with Crippen LogP contribution in [0.15, 0.2) is 133 Å².